The summed E-state index contributed by atoms with van der Waals surface area (Å²) < 4.78 is 25.6. The largest absolute Gasteiger partial charge is 0.454 e. The molecule has 1 amide bonds. The average molecular weight is 393 g/mol. The lowest BCUT2D eigenvalue weighted by atomic mass is 10.2. The zero-order chi connectivity index (χ0) is 20.1. The fraction of sp³-hybridized carbons (Fsp3) is 0.0526. The lowest BCUT2D eigenvalue weighted by molar-refractivity contribution is 0.0997. The van der Waals surface area contributed by atoms with Crippen molar-refractivity contribution < 1.29 is 18.7 Å². The Kier molecular flexibility index (Phi) is 3.60. The SMILES string of the molecule is NC(=O)c1nc(-c2cccc(F)c2)nc2c1[nH]c(=O)n2-c1ccc2c(c1)OCO2. The fourth-order valence-electron chi connectivity index (χ4n) is 3.18. The van der Waals surface area contributed by atoms with Gasteiger partial charge in [-0.05, 0) is 24.3 Å². The van der Waals surface area contributed by atoms with E-state index in [0.717, 1.165) is 0 Å². The Bertz CT molecular complexity index is 1360. The summed E-state index contributed by atoms with van der Waals surface area (Å²) in [5.74, 6) is -0.268. The Morgan fingerprint density at radius 1 is 1.14 bits per heavy atom. The number of hydrogen-bond donors (Lipinski definition) is 2. The van der Waals surface area contributed by atoms with Crippen LogP contribution in [0.4, 0.5) is 4.39 Å². The number of nitrogens with zero attached hydrogens (tertiary/aromatic N) is 3. The van der Waals surface area contributed by atoms with E-state index >= 15 is 0 Å². The molecule has 0 saturated heterocycles. The van der Waals surface area contributed by atoms with Gasteiger partial charge in [-0.25, -0.2) is 23.7 Å². The molecule has 0 spiro atoms. The number of fused-ring (bicyclic) bond motifs is 2. The van der Waals surface area contributed by atoms with Gasteiger partial charge in [0, 0.05) is 11.6 Å². The molecule has 0 atom stereocenters. The van der Waals surface area contributed by atoms with Crippen molar-refractivity contribution in [3.05, 3.63) is 64.5 Å². The molecule has 0 bridgehead atoms. The number of carbonyl (C=O) groups is 1. The van der Waals surface area contributed by atoms with Gasteiger partial charge in [-0.1, -0.05) is 12.1 Å². The van der Waals surface area contributed by atoms with Crippen LogP contribution in [0.1, 0.15) is 10.5 Å². The molecule has 3 heterocycles. The van der Waals surface area contributed by atoms with E-state index in [0.29, 0.717) is 22.7 Å². The molecule has 5 rings (SSSR count). The van der Waals surface area contributed by atoms with Crippen molar-refractivity contribution in [2.45, 2.75) is 0 Å². The molecule has 2 aromatic carbocycles. The monoisotopic (exact) mass is 393 g/mol. The number of ether oxygens (including phenoxy) is 2. The zero-order valence-electron chi connectivity index (χ0n) is 14.7. The molecule has 0 radical (unpaired) electrons. The second kappa shape index (κ2) is 6.16. The number of amides is 1. The Morgan fingerprint density at radius 2 is 1.97 bits per heavy atom. The van der Waals surface area contributed by atoms with Crippen LogP contribution in [0.15, 0.2) is 47.3 Å². The van der Waals surface area contributed by atoms with Crippen molar-refractivity contribution in [3.8, 4) is 28.6 Å². The zero-order valence-corrected chi connectivity index (χ0v) is 14.7. The van der Waals surface area contributed by atoms with Gasteiger partial charge >= 0.3 is 5.69 Å². The van der Waals surface area contributed by atoms with E-state index in [4.69, 9.17) is 15.2 Å². The maximum Gasteiger partial charge on any atom is 0.332 e. The van der Waals surface area contributed by atoms with Gasteiger partial charge < -0.3 is 20.2 Å². The normalized spacial score (nSPS) is 12.4. The van der Waals surface area contributed by atoms with Gasteiger partial charge in [-0.15, -0.1) is 0 Å². The molecule has 3 N–H and O–H groups in total. The van der Waals surface area contributed by atoms with Crippen molar-refractivity contribution >= 4 is 17.1 Å². The van der Waals surface area contributed by atoms with E-state index < -0.39 is 17.4 Å². The minimum absolute atomic E-state index is 0.0549. The second-order valence-electron chi connectivity index (χ2n) is 6.27. The van der Waals surface area contributed by atoms with Crippen molar-refractivity contribution in [1.29, 1.82) is 0 Å². The topological polar surface area (TPSA) is 125 Å². The molecule has 1 aliphatic rings. The summed E-state index contributed by atoms with van der Waals surface area (Å²) in [6.07, 6.45) is 0. The van der Waals surface area contributed by atoms with Crippen LogP contribution in [0.5, 0.6) is 11.5 Å². The highest BCUT2D eigenvalue weighted by atomic mass is 19.1. The molecule has 29 heavy (non-hydrogen) atoms. The molecular weight excluding hydrogens is 381 g/mol. The fourth-order valence-corrected chi connectivity index (χ4v) is 3.18. The summed E-state index contributed by atoms with van der Waals surface area (Å²) in [4.78, 5) is 35.7. The number of primary amides is 1. The molecular formula is C19H12FN5O4. The molecule has 9 nitrogen and oxygen atoms in total. The molecule has 10 heteroatoms. The highest BCUT2D eigenvalue weighted by Crippen LogP contribution is 2.34. The number of imidazole rings is 1. The smallest absolute Gasteiger partial charge is 0.332 e. The number of hydrogen-bond acceptors (Lipinski definition) is 6. The number of rotatable bonds is 3. The van der Waals surface area contributed by atoms with Gasteiger partial charge in [-0.3, -0.25) is 4.79 Å². The summed E-state index contributed by atoms with van der Waals surface area (Å²) in [5.41, 5.74) is 5.71. The molecule has 144 valence electrons. The summed E-state index contributed by atoms with van der Waals surface area (Å²) in [6.45, 7) is 0.0826. The highest BCUT2D eigenvalue weighted by Gasteiger charge is 2.22. The van der Waals surface area contributed by atoms with Gasteiger partial charge in [-0.2, -0.15) is 0 Å². The molecule has 4 aromatic rings. The third kappa shape index (κ3) is 2.69. The highest BCUT2D eigenvalue weighted by molar-refractivity contribution is 6.02. The average Bonchev–Trinajstić information content (AvgIpc) is 3.29. The van der Waals surface area contributed by atoms with Crippen LogP contribution in [-0.4, -0.2) is 32.2 Å². The van der Waals surface area contributed by atoms with E-state index in [1.165, 1.54) is 22.8 Å². The van der Waals surface area contributed by atoms with Crippen molar-refractivity contribution in [2.24, 2.45) is 5.73 Å². The maximum atomic E-state index is 13.7. The summed E-state index contributed by atoms with van der Waals surface area (Å²) in [7, 11) is 0. The number of benzene rings is 2. The van der Waals surface area contributed by atoms with E-state index in [1.54, 1.807) is 24.3 Å². The van der Waals surface area contributed by atoms with Crippen LogP contribution in [0.25, 0.3) is 28.2 Å². The summed E-state index contributed by atoms with van der Waals surface area (Å²) >= 11 is 0. The van der Waals surface area contributed by atoms with Crippen molar-refractivity contribution in [2.75, 3.05) is 6.79 Å². The predicted octanol–water partition coefficient (Wildman–Crippen LogP) is 1.74. The van der Waals surface area contributed by atoms with Crippen molar-refractivity contribution in [1.82, 2.24) is 19.5 Å². The molecule has 1 aliphatic heterocycles. The quantitative estimate of drug-likeness (QED) is 0.546. The Hall–Kier alpha value is -4.21. The number of aromatic amines is 1. The van der Waals surface area contributed by atoms with E-state index in [-0.39, 0.29) is 29.5 Å². The van der Waals surface area contributed by atoms with Gasteiger partial charge in [0.1, 0.15) is 11.3 Å². The lowest BCUT2D eigenvalue weighted by Crippen LogP contribution is -2.15. The third-order valence-corrected chi connectivity index (χ3v) is 4.47. The predicted molar refractivity (Wildman–Crippen MR) is 99.5 cm³/mol. The van der Waals surface area contributed by atoms with Gasteiger partial charge in [0.15, 0.2) is 28.7 Å². The molecule has 0 saturated carbocycles. The first-order valence-electron chi connectivity index (χ1n) is 8.50. The summed E-state index contributed by atoms with van der Waals surface area (Å²) in [5, 5.41) is 0. The van der Waals surface area contributed by atoms with Crippen LogP contribution in [0, 0.1) is 5.82 Å². The van der Waals surface area contributed by atoms with E-state index in [9.17, 15) is 14.0 Å². The number of H-pyrrole nitrogens is 1. The van der Waals surface area contributed by atoms with Crippen LogP contribution >= 0.6 is 0 Å². The van der Waals surface area contributed by atoms with Gasteiger partial charge in [0.2, 0.25) is 6.79 Å². The Morgan fingerprint density at radius 3 is 2.76 bits per heavy atom. The minimum atomic E-state index is -0.853. The molecule has 0 unspecified atom stereocenters. The maximum absolute atomic E-state index is 13.7. The first kappa shape index (κ1) is 16.9. The lowest BCUT2D eigenvalue weighted by Gasteiger charge is -2.07. The summed E-state index contributed by atoms with van der Waals surface area (Å²) in [6, 6.07) is 10.5. The van der Waals surface area contributed by atoms with Crippen LogP contribution < -0.4 is 20.9 Å². The Labute approximate surface area is 161 Å². The first-order valence-corrected chi connectivity index (χ1v) is 8.50. The van der Waals surface area contributed by atoms with Crippen LogP contribution in [0.3, 0.4) is 0 Å². The van der Waals surface area contributed by atoms with Crippen LogP contribution in [-0.2, 0) is 0 Å². The Balaban J connectivity index is 1.80. The minimum Gasteiger partial charge on any atom is -0.454 e. The number of nitrogens with two attached hydrogens (primary N) is 1. The van der Waals surface area contributed by atoms with Crippen molar-refractivity contribution in [3.63, 3.8) is 0 Å². The first-order chi connectivity index (χ1) is 14.0. The third-order valence-electron chi connectivity index (χ3n) is 4.47. The van der Waals surface area contributed by atoms with Crippen LogP contribution in [0.2, 0.25) is 0 Å². The molecule has 0 aliphatic carbocycles. The number of aromatic nitrogens is 4. The second-order valence-corrected chi connectivity index (χ2v) is 6.27. The standard InChI is InChI=1S/C19H12FN5O4/c20-10-3-1-2-9(6-10)17-22-14(16(21)26)15-18(24-17)25(19(27)23-15)11-4-5-12-13(7-11)29-8-28-12/h1-7H,8H2,(H2,21,26)(H,23,27). The van der Waals surface area contributed by atoms with E-state index in [1.807, 2.05) is 0 Å². The number of nitrogens with one attached hydrogen (secondary N) is 1. The van der Waals surface area contributed by atoms with E-state index in [2.05, 4.69) is 15.0 Å². The number of carbonyl (C=O) groups excluding carboxylic acids is 1. The number of halogens is 1. The van der Waals surface area contributed by atoms with Gasteiger partial charge in [0.25, 0.3) is 5.91 Å². The molecule has 0 fully saturated rings. The molecule has 2 aromatic heterocycles. The van der Waals surface area contributed by atoms with Gasteiger partial charge in [0.05, 0.1) is 5.69 Å².